The van der Waals surface area contributed by atoms with Crippen LogP contribution < -0.4 is 10.2 Å². The third kappa shape index (κ3) is 8.30. The van der Waals surface area contributed by atoms with Crippen LogP contribution in [0, 0.1) is 17.7 Å². The third-order valence-corrected chi connectivity index (χ3v) is 15.5. The van der Waals surface area contributed by atoms with E-state index in [0.29, 0.717) is 19.5 Å². The molecule has 55 heavy (non-hydrogen) atoms. The number of amides is 2. The van der Waals surface area contributed by atoms with E-state index in [1.165, 1.54) is 19.3 Å². The minimum atomic E-state index is -3.66. The fourth-order valence-electron chi connectivity index (χ4n) is 10.4. The molecule has 2 aromatic rings. The molecule has 4 aliphatic heterocycles. The Labute approximate surface area is 325 Å². The number of ether oxygens (including phenoxy) is 1. The number of carbonyl (C=O) groups excluding carboxylic acids is 2. The molecule has 1 aliphatic carbocycles. The summed E-state index contributed by atoms with van der Waals surface area (Å²) in [5.74, 6) is -0.164. The Morgan fingerprint density at radius 1 is 0.945 bits per heavy atom. The number of hydrogen-bond acceptors (Lipinski definition) is 8. The number of likely N-dealkylation sites (tertiary alicyclic amines) is 3. The number of benzene rings is 2. The van der Waals surface area contributed by atoms with Gasteiger partial charge in [-0.15, -0.1) is 0 Å². The summed E-state index contributed by atoms with van der Waals surface area (Å²) in [4.78, 5) is 33.2. The predicted molar refractivity (Wildman–Crippen MR) is 209 cm³/mol. The maximum Gasteiger partial charge on any atom is 0.407 e. The lowest BCUT2D eigenvalue weighted by atomic mass is 9.57. The van der Waals surface area contributed by atoms with Crippen molar-refractivity contribution in [2.45, 2.75) is 85.1 Å². The van der Waals surface area contributed by atoms with Crippen LogP contribution >= 0.6 is 0 Å². The van der Waals surface area contributed by atoms with Crippen LogP contribution in [0.3, 0.4) is 0 Å². The van der Waals surface area contributed by atoms with E-state index in [0.717, 1.165) is 95.3 Å². The van der Waals surface area contributed by atoms with Crippen molar-refractivity contribution in [2.24, 2.45) is 11.8 Å². The number of alkyl halides is 1. The van der Waals surface area contributed by atoms with E-state index in [2.05, 4.69) is 27.8 Å². The SMILES string of the molecule is C=CC(=O)N1CCCCC(S(=O)(=O)c2ccc(N3CC(F)(CN4CCC(C(CN5CCC5)(c5cccc(F)c5)[C@H]5CCC[C@@H]5NC(=O)OC)CC4)C3)cc2)C1. The fraction of sp³-hybridized carbons (Fsp3) is 0.619. The number of rotatable bonds is 12. The maximum absolute atomic E-state index is 16.3. The van der Waals surface area contributed by atoms with Gasteiger partial charge in [-0.1, -0.05) is 31.6 Å². The number of nitrogens with one attached hydrogen (secondary N) is 1. The second-order valence-electron chi connectivity index (χ2n) is 16.7. The Hall–Kier alpha value is -3.55. The zero-order chi connectivity index (χ0) is 38.8. The van der Waals surface area contributed by atoms with Crippen molar-refractivity contribution in [3.8, 4) is 0 Å². The molecule has 2 unspecified atom stereocenters. The molecule has 7 rings (SSSR count). The van der Waals surface area contributed by atoms with Crippen molar-refractivity contribution in [1.82, 2.24) is 20.0 Å². The lowest BCUT2D eigenvalue weighted by Gasteiger charge is -2.54. The van der Waals surface area contributed by atoms with Gasteiger partial charge in [0.2, 0.25) is 5.91 Å². The first-order valence-electron chi connectivity index (χ1n) is 20.2. The van der Waals surface area contributed by atoms with E-state index in [-0.39, 0.29) is 59.5 Å². The summed E-state index contributed by atoms with van der Waals surface area (Å²) in [5, 5.41) is 2.46. The summed E-state index contributed by atoms with van der Waals surface area (Å²) in [6.45, 7) is 9.30. The molecule has 300 valence electrons. The third-order valence-electron chi connectivity index (χ3n) is 13.3. The monoisotopic (exact) mass is 781 g/mol. The number of methoxy groups -OCH3 is 1. The van der Waals surface area contributed by atoms with Crippen LogP contribution in [0.15, 0.2) is 66.1 Å². The first-order valence-corrected chi connectivity index (χ1v) is 21.7. The second-order valence-corrected chi connectivity index (χ2v) is 18.9. The van der Waals surface area contributed by atoms with Gasteiger partial charge in [0.25, 0.3) is 0 Å². The van der Waals surface area contributed by atoms with E-state index in [4.69, 9.17) is 4.74 Å². The molecule has 13 heteroatoms. The van der Waals surface area contributed by atoms with Crippen molar-refractivity contribution in [3.05, 3.63) is 72.6 Å². The van der Waals surface area contributed by atoms with Crippen LogP contribution in [-0.2, 0) is 24.8 Å². The largest absolute Gasteiger partial charge is 0.453 e. The summed E-state index contributed by atoms with van der Waals surface area (Å²) >= 11 is 0. The van der Waals surface area contributed by atoms with Gasteiger partial charge in [0.15, 0.2) is 15.5 Å². The number of nitrogens with zero attached hydrogens (tertiary/aromatic N) is 4. The van der Waals surface area contributed by atoms with Crippen LogP contribution in [0.5, 0.6) is 0 Å². The summed E-state index contributed by atoms with van der Waals surface area (Å²) in [7, 11) is -2.27. The molecule has 5 aliphatic rings. The van der Waals surface area contributed by atoms with Gasteiger partial charge in [0.1, 0.15) is 5.82 Å². The molecule has 4 heterocycles. The molecule has 4 atom stereocenters. The Kier molecular flexibility index (Phi) is 11.9. The summed E-state index contributed by atoms with van der Waals surface area (Å²) in [6.07, 6.45) is 8.40. The lowest BCUT2D eigenvalue weighted by molar-refractivity contribution is -0.125. The number of halogens is 2. The van der Waals surface area contributed by atoms with Gasteiger partial charge in [0, 0.05) is 43.3 Å². The number of piperidine rings is 1. The van der Waals surface area contributed by atoms with Crippen molar-refractivity contribution in [1.29, 1.82) is 0 Å². The highest BCUT2D eigenvalue weighted by Crippen LogP contribution is 2.51. The minimum Gasteiger partial charge on any atom is -0.453 e. The second kappa shape index (κ2) is 16.5. The topological polar surface area (TPSA) is 103 Å². The normalized spacial score (nSPS) is 26.3. The average molecular weight is 782 g/mol. The molecule has 2 amide bonds. The maximum atomic E-state index is 16.3. The zero-order valence-electron chi connectivity index (χ0n) is 32.1. The van der Waals surface area contributed by atoms with Crippen molar-refractivity contribution in [3.63, 3.8) is 0 Å². The molecule has 0 aromatic heterocycles. The summed E-state index contributed by atoms with van der Waals surface area (Å²) < 4.78 is 63.5. The Morgan fingerprint density at radius 3 is 2.35 bits per heavy atom. The quantitative estimate of drug-likeness (QED) is 0.279. The Bertz CT molecular complexity index is 1800. The van der Waals surface area contributed by atoms with Gasteiger partial charge >= 0.3 is 6.09 Å². The van der Waals surface area contributed by atoms with Crippen molar-refractivity contribution in [2.75, 3.05) is 77.5 Å². The highest BCUT2D eigenvalue weighted by molar-refractivity contribution is 7.92. The van der Waals surface area contributed by atoms with E-state index in [1.807, 2.05) is 11.0 Å². The van der Waals surface area contributed by atoms with Gasteiger partial charge < -0.3 is 24.8 Å². The van der Waals surface area contributed by atoms with Gasteiger partial charge in [-0.3, -0.25) is 9.69 Å². The zero-order valence-corrected chi connectivity index (χ0v) is 33.0. The van der Waals surface area contributed by atoms with Gasteiger partial charge in [-0.2, -0.15) is 0 Å². The molecule has 2 aromatic carbocycles. The fourth-order valence-corrected chi connectivity index (χ4v) is 12.1. The van der Waals surface area contributed by atoms with Crippen molar-refractivity contribution >= 4 is 27.5 Å². The van der Waals surface area contributed by atoms with E-state index >= 15 is 8.78 Å². The molecule has 1 N–H and O–H groups in total. The smallest absolute Gasteiger partial charge is 0.407 e. The van der Waals surface area contributed by atoms with Gasteiger partial charge in [0.05, 0.1) is 30.3 Å². The van der Waals surface area contributed by atoms with E-state index < -0.39 is 26.8 Å². The number of alkyl carbamates (subject to hydrolysis) is 1. The van der Waals surface area contributed by atoms with Crippen LogP contribution in [0.1, 0.15) is 63.4 Å². The Morgan fingerprint density at radius 2 is 1.69 bits per heavy atom. The van der Waals surface area contributed by atoms with E-state index in [1.54, 1.807) is 35.2 Å². The molecule has 0 spiro atoms. The number of carbonyl (C=O) groups is 2. The van der Waals surface area contributed by atoms with Crippen LogP contribution in [0.2, 0.25) is 0 Å². The van der Waals surface area contributed by atoms with Crippen LogP contribution in [0.4, 0.5) is 19.3 Å². The molecule has 5 fully saturated rings. The molecular weight excluding hydrogens is 725 g/mol. The van der Waals surface area contributed by atoms with Crippen LogP contribution in [0.25, 0.3) is 0 Å². The molecule has 1 saturated carbocycles. The first kappa shape index (κ1) is 39.7. The average Bonchev–Trinajstić information content (AvgIpc) is 3.46. The van der Waals surface area contributed by atoms with E-state index in [9.17, 15) is 18.0 Å². The minimum absolute atomic E-state index is 0.0746. The van der Waals surface area contributed by atoms with Gasteiger partial charge in [-0.25, -0.2) is 22.0 Å². The highest BCUT2D eigenvalue weighted by atomic mass is 32.2. The number of anilines is 1. The highest BCUT2D eigenvalue weighted by Gasteiger charge is 2.54. The first-order chi connectivity index (χ1) is 26.4. The lowest BCUT2D eigenvalue weighted by Crippen LogP contribution is -2.65. The predicted octanol–water partition coefficient (Wildman–Crippen LogP) is 5.58. The molecule has 0 radical (unpaired) electrons. The summed E-state index contributed by atoms with van der Waals surface area (Å²) in [5.41, 5.74) is 0.0104. The molecule has 10 nitrogen and oxygen atoms in total. The van der Waals surface area contributed by atoms with Gasteiger partial charge in [-0.05, 0) is 131 Å². The van der Waals surface area contributed by atoms with Crippen LogP contribution in [-0.4, -0.2) is 125 Å². The molecular formula is C42H57F2N5O5S. The number of hydrogen-bond donors (Lipinski definition) is 1. The van der Waals surface area contributed by atoms with Crippen molar-refractivity contribution < 1.29 is 31.5 Å². The standard InChI is InChI=1S/C42H57F2N5O5S/c1-3-39(50)48-22-5-4-11-36(26-48)55(52,53)35-16-14-34(15-17-35)49-28-41(44,29-49)27-47-23-18-31(19-24-47)42(30-46-20-8-21-46,32-9-6-10-33(43)25-32)37-12-7-13-38(37)45-40(51)54-2/h3,6,9-10,14-17,25,31,36-38H,1,4-5,7-8,11-13,18-24,26-30H2,2H3,(H,45,51)/t36?,37-,38-,42?/m0/s1. The molecule has 4 saturated heterocycles. The molecule has 0 bridgehead atoms. The summed E-state index contributed by atoms with van der Waals surface area (Å²) in [6, 6.07) is 13.8. The number of sulfone groups is 1. The Balaban J connectivity index is 1.00.